The zero-order chi connectivity index (χ0) is 27.1. The number of carbonyl (C=O) groups is 1. The van der Waals surface area contributed by atoms with Gasteiger partial charge in [0.2, 0.25) is 0 Å². The molecule has 0 bridgehead atoms. The molecular weight excluding hydrogens is 521 g/mol. The molecule has 196 valence electrons. The van der Waals surface area contributed by atoms with E-state index in [9.17, 15) is 13.4 Å². The maximum Gasteiger partial charge on any atom is 0.253 e. The standard InChI is InChI=1S/C30H29ClFN3O2S/c1-3-7-29(23(2)32)33-18-20-34(21-19-33)30(36)25-12-16-27(17-13-25)35(22-24-10-14-26(31)15-11-24)38(37)28-8-5-4-6-9-28/h3-17H,1-2,18-22H2/b29-7+. The molecule has 0 saturated carbocycles. The van der Waals surface area contributed by atoms with E-state index < -0.39 is 16.8 Å². The summed E-state index contributed by atoms with van der Waals surface area (Å²) in [4.78, 5) is 17.5. The first-order valence-electron chi connectivity index (χ1n) is 12.2. The minimum absolute atomic E-state index is 0.0991. The van der Waals surface area contributed by atoms with Gasteiger partial charge in [-0.3, -0.25) is 9.10 Å². The third-order valence-corrected chi connectivity index (χ3v) is 7.92. The van der Waals surface area contributed by atoms with Gasteiger partial charge in [-0.05, 0) is 60.2 Å². The molecule has 1 fully saturated rings. The van der Waals surface area contributed by atoms with Crippen molar-refractivity contribution in [3.8, 4) is 0 Å². The van der Waals surface area contributed by atoms with Crippen molar-refractivity contribution in [1.82, 2.24) is 9.80 Å². The predicted octanol–water partition coefficient (Wildman–Crippen LogP) is 6.38. The van der Waals surface area contributed by atoms with Gasteiger partial charge in [0, 0.05) is 36.8 Å². The van der Waals surface area contributed by atoms with E-state index in [1.165, 1.54) is 6.08 Å². The molecule has 0 aliphatic carbocycles. The summed E-state index contributed by atoms with van der Waals surface area (Å²) < 4.78 is 29.2. The quantitative estimate of drug-likeness (QED) is 0.291. The summed E-state index contributed by atoms with van der Waals surface area (Å²) in [5.41, 5.74) is 2.61. The molecule has 38 heavy (non-hydrogen) atoms. The van der Waals surface area contributed by atoms with Gasteiger partial charge in [-0.1, -0.05) is 61.2 Å². The zero-order valence-corrected chi connectivity index (χ0v) is 22.5. The summed E-state index contributed by atoms with van der Waals surface area (Å²) in [7, 11) is -1.46. The van der Waals surface area contributed by atoms with Crippen molar-refractivity contribution in [3.05, 3.63) is 132 Å². The van der Waals surface area contributed by atoms with E-state index >= 15 is 0 Å². The fraction of sp³-hybridized carbons (Fsp3) is 0.167. The monoisotopic (exact) mass is 549 g/mol. The first-order chi connectivity index (χ1) is 18.4. The number of hydrogen-bond donors (Lipinski definition) is 0. The number of benzene rings is 3. The van der Waals surface area contributed by atoms with Gasteiger partial charge in [-0.15, -0.1) is 0 Å². The number of allylic oxidation sites excluding steroid dienone is 3. The number of nitrogens with zero attached hydrogens (tertiary/aromatic N) is 3. The average Bonchev–Trinajstić information content (AvgIpc) is 2.95. The van der Waals surface area contributed by atoms with Crippen LogP contribution < -0.4 is 4.31 Å². The summed E-state index contributed by atoms with van der Waals surface area (Å²) in [6, 6.07) is 23.8. The number of halogens is 2. The molecule has 0 aromatic heterocycles. The van der Waals surface area contributed by atoms with Gasteiger partial charge in [0.15, 0.2) is 11.0 Å². The Kier molecular flexibility index (Phi) is 9.15. The van der Waals surface area contributed by atoms with Crippen LogP contribution in [0.5, 0.6) is 0 Å². The van der Waals surface area contributed by atoms with Gasteiger partial charge in [0.25, 0.3) is 5.91 Å². The van der Waals surface area contributed by atoms with Crippen molar-refractivity contribution in [2.75, 3.05) is 30.5 Å². The van der Waals surface area contributed by atoms with Crippen LogP contribution >= 0.6 is 11.6 Å². The molecule has 1 saturated heterocycles. The van der Waals surface area contributed by atoms with Gasteiger partial charge in [-0.2, -0.15) is 0 Å². The van der Waals surface area contributed by atoms with Crippen molar-refractivity contribution in [3.63, 3.8) is 0 Å². The Morgan fingerprint density at radius 3 is 2.13 bits per heavy atom. The highest BCUT2D eigenvalue weighted by atomic mass is 35.5. The molecule has 3 aromatic rings. The number of piperazine rings is 1. The van der Waals surface area contributed by atoms with E-state index in [-0.39, 0.29) is 5.91 Å². The highest BCUT2D eigenvalue weighted by molar-refractivity contribution is 7.86. The lowest BCUT2D eigenvalue weighted by Crippen LogP contribution is -2.48. The fourth-order valence-electron chi connectivity index (χ4n) is 4.25. The van der Waals surface area contributed by atoms with Gasteiger partial charge >= 0.3 is 0 Å². The normalized spacial score (nSPS) is 14.6. The Balaban J connectivity index is 1.50. The molecule has 1 unspecified atom stereocenters. The molecular formula is C30H29ClFN3O2S. The van der Waals surface area contributed by atoms with Crippen LogP contribution in [-0.4, -0.2) is 46.1 Å². The van der Waals surface area contributed by atoms with Crippen LogP contribution in [0, 0.1) is 0 Å². The average molecular weight is 550 g/mol. The molecule has 0 radical (unpaired) electrons. The lowest BCUT2D eigenvalue weighted by atomic mass is 10.1. The van der Waals surface area contributed by atoms with Crippen LogP contribution in [0.15, 0.2) is 121 Å². The Morgan fingerprint density at radius 1 is 0.947 bits per heavy atom. The first kappa shape index (κ1) is 27.4. The smallest absolute Gasteiger partial charge is 0.253 e. The van der Waals surface area contributed by atoms with Crippen molar-refractivity contribution in [2.45, 2.75) is 11.4 Å². The maximum absolute atomic E-state index is 13.8. The second kappa shape index (κ2) is 12.7. The summed E-state index contributed by atoms with van der Waals surface area (Å²) in [6.07, 6.45) is 3.12. The fourth-order valence-corrected chi connectivity index (χ4v) is 5.60. The number of anilines is 1. The van der Waals surface area contributed by atoms with Crippen LogP contribution in [0.4, 0.5) is 10.1 Å². The van der Waals surface area contributed by atoms with E-state index in [1.807, 2.05) is 71.6 Å². The van der Waals surface area contributed by atoms with E-state index in [4.69, 9.17) is 11.6 Å². The van der Waals surface area contributed by atoms with Gasteiger partial charge in [0.05, 0.1) is 22.8 Å². The molecule has 4 rings (SSSR count). The van der Waals surface area contributed by atoms with Gasteiger partial charge < -0.3 is 9.80 Å². The Hall–Kier alpha value is -3.68. The minimum Gasteiger partial charge on any atom is -0.366 e. The zero-order valence-electron chi connectivity index (χ0n) is 20.9. The number of amides is 1. The molecule has 1 atom stereocenters. The molecule has 5 nitrogen and oxygen atoms in total. The van der Waals surface area contributed by atoms with E-state index in [0.29, 0.717) is 53.9 Å². The second-order valence-electron chi connectivity index (χ2n) is 8.74. The molecule has 3 aromatic carbocycles. The molecule has 1 aliphatic rings. The Bertz CT molecular complexity index is 1340. The van der Waals surface area contributed by atoms with E-state index in [0.717, 1.165) is 11.3 Å². The molecule has 0 spiro atoms. The third kappa shape index (κ3) is 6.60. The first-order valence-corrected chi connectivity index (χ1v) is 13.7. The van der Waals surface area contributed by atoms with Crippen molar-refractivity contribution in [2.24, 2.45) is 0 Å². The van der Waals surface area contributed by atoms with Crippen molar-refractivity contribution in [1.29, 1.82) is 0 Å². The summed E-state index contributed by atoms with van der Waals surface area (Å²) in [6.45, 7) is 9.34. The number of hydrogen-bond acceptors (Lipinski definition) is 3. The van der Waals surface area contributed by atoms with Crippen LogP contribution in [0.1, 0.15) is 15.9 Å². The SMILES string of the molecule is C=C/C=C(\C(=C)F)N1CCN(C(=O)c2ccc(N(Cc3ccc(Cl)cc3)S(=O)c3ccccc3)cc2)CC1. The topological polar surface area (TPSA) is 43.9 Å². The molecule has 1 heterocycles. The Morgan fingerprint density at radius 2 is 1.55 bits per heavy atom. The summed E-state index contributed by atoms with van der Waals surface area (Å²) in [5.74, 6) is -0.616. The van der Waals surface area contributed by atoms with Crippen LogP contribution in [0.25, 0.3) is 0 Å². The molecule has 1 aliphatic heterocycles. The van der Waals surface area contributed by atoms with Crippen LogP contribution in [0.2, 0.25) is 5.02 Å². The lowest BCUT2D eigenvalue weighted by molar-refractivity contribution is 0.0669. The summed E-state index contributed by atoms with van der Waals surface area (Å²) >= 11 is 6.05. The molecule has 8 heteroatoms. The Labute approximate surface area is 230 Å². The number of carbonyl (C=O) groups excluding carboxylic acids is 1. The van der Waals surface area contributed by atoms with Gasteiger partial charge in [-0.25, -0.2) is 8.60 Å². The molecule has 1 amide bonds. The largest absolute Gasteiger partial charge is 0.366 e. The van der Waals surface area contributed by atoms with Crippen molar-refractivity contribution < 1.29 is 13.4 Å². The number of rotatable bonds is 9. The highest BCUT2D eigenvalue weighted by Crippen LogP contribution is 2.25. The third-order valence-electron chi connectivity index (χ3n) is 6.25. The maximum atomic E-state index is 13.8. The lowest BCUT2D eigenvalue weighted by Gasteiger charge is -2.37. The van der Waals surface area contributed by atoms with Crippen LogP contribution in [-0.2, 0) is 17.5 Å². The highest BCUT2D eigenvalue weighted by Gasteiger charge is 2.25. The van der Waals surface area contributed by atoms with E-state index in [2.05, 4.69) is 13.2 Å². The predicted molar refractivity (Wildman–Crippen MR) is 153 cm³/mol. The summed E-state index contributed by atoms with van der Waals surface area (Å²) in [5, 5.41) is 0.635. The van der Waals surface area contributed by atoms with Gasteiger partial charge in [0.1, 0.15) is 5.83 Å². The minimum atomic E-state index is -1.46. The second-order valence-corrected chi connectivity index (χ2v) is 10.6. The van der Waals surface area contributed by atoms with Crippen molar-refractivity contribution >= 4 is 34.2 Å². The van der Waals surface area contributed by atoms with E-state index in [1.54, 1.807) is 27.4 Å². The van der Waals surface area contributed by atoms with Crippen LogP contribution in [0.3, 0.4) is 0 Å². The molecule has 0 N–H and O–H groups in total.